The van der Waals surface area contributed by atoms with Gasteiger partial charge in [-0.25, -0.2) is 0 Å². The molecule has 1 aromatic heterocycles. The van der Waals surface area contributed by atoms with Crippen molar-refractivity contribution in [3.05, 3.63) is 52.8 Å². The summed E-state index contributed by atoms with van der Waals surface area (Å²) < 4.78 is 1.99. The predicted octanol–water partition coefficient (Wildman–Crippen LogP) is 2.28. The van der Waals surface area contributed by atoms with Crippen LogP contribution in [0.3, 0.4) is 0 Å². The molecule has 0 radical (unpaired) electrons. The first-order valence-corrected chi connectivity index (χ1v) is 8.71. The third-order valence-electron chi connectivity index (χ3n) is 4.65. The van der Waals surface area contributed by atoms with Crippen molar-refractivity contribution in [3.8, 4) is 0 Å². The van der Waals surface area contributed by atoms with Crippen LogP contribution in [-0.2, 0) is 6.54 Å². The van der Waals surface area contributed by atoms with Crippen LogP contribution in [0, 0.1) is 19.8 Å². The van der Waals surface area contributed by atoms with Crippen LogP contribution in [0.25, 0.3) is 0 Å². The first kappa shape index (κ1) is 16.7. The van der Waals surface area contributed by atoms with Gasteiger partial charge < -0.3 is 10.6 Å². The second-order valence-corrected chi connectivity index (χ2v) is 6.69. The highest BCUT2D eigenvalue weighted by atomic mass is 16.1. The number of amides is 1. The summed E-state index contributed by atoms with van der Waals surface area (Å²) in [7, 11) is 0. The van der Waals surface area contributed by atoms with Crippen molar-refractivity contribution in [2.24, 2.45) is 5.92 Å². The fourth-order valence-electron chi connectivity index (χ4n) is 3.22. The van der Waals surface area contributed by atoms with E-state index < -0.39 is 0 Å². The fraction of sp³-hybridized carbons (Fsp3) is 0.474. The average Bonchev–Trinajstić information content (AvgIpc) is 3.18. The van der Waals surface area contributed by atoms with Crippen LogP contribution in [0.4, 0.5) is 0 Å². The number of nitrogens with zero attached hydrogens (tertiary/aromatic N) is 2. The lowest BCUT2D eigenvalue weighted by Gasteiger charge is -2.10. The molecule has 1 fully saturated rings. The summed E-state index contributed by atoms with van der Waals surface area (Å²) in [5.74, 6) is 0.715. The lowest BCUT2D eigenvalue weighted by molar-refractivity contribution is 0.0951. The highest BCUT2D eigenvalue weighted by molar-refractivity contribution is 5.94. The van der Waals surface area contributed by atoms with Gasteiger partial charge in [0, 0.05) is 17.8 Å². The first-order chi connectivity index (χ1) is 11.6. The van der Waals surface area contributed by atoms with E-state index in [-0.39, 0.29) is 5.91 Å². The van der Waals surface area contributed by atoms with Gasteiger partial charge in [0.15, 0.2) is 0 Å². The van der Waals surface area contributed by atoms with Crippen LogP contribution < -0.4 is 10.6 Å². The Balaban J connectivity index is 1.51. The smallest absolute Gasteiger partial charge is 0.251 e. The average molecular weight is 326 g/mol. The summed E-state index contributed by atoms with van der Waals surface area (Å²) in [6.07, 6.45) is 2.27. The molecule has 3 rings (SSSR count). The summed E-state index contributed by atoms with van der Waals surface area (Å²) in [5.41, 5.74) is 4.04. The van der Waals surface area contributed by atoms with Crippen LogP contribution in [0.2, 0.25) is 0 Å². The van der Waals surface area contributed by atoms with Gasteiger partial charge in [-0.2, -0.15) is 5.10 Å². The zero-order valence-electron chi connectivity index (χ0n) is 14.5. The number of aryl methyl sites for hydroxylation is 2. The number of nitrogens with one attached hydrogen (secondary N) is 2. The Labute approximate surface area is 143 Å². The van der Waals surface area contributed by atoms with Crippen molar-refractivity contribution in [2.75, 3.05) is 19.6 Å². The fourth-order valence-corrected chi connectivity index (χ4v) is 3.22. The molecule has 1 atom stereocenters. The monoisotopic (exact) mass is 326 g/mol. The van der Waals surface area contributed by atoms with Crippen LogP contribution >= 0.6 is 0 Å². The maximum Gasteiger partial charge on any atom is 0.251 e. The number of carbonyl (C=O) groups excluding carboxylic acids is 1. The van der Waals surface area contributed by atoms with Crippen molar-refractivity contribution in [1.82, 2.24) is 20.4 Å². The molecule has 0 aliphatic carbocycles. The highest BCUT2D eigenvalue weighted by Crippen LogP contribution is 2.12. The summed E-state index contributed by atoms with van der Waals surface area (Å²) in [4.78, 5) is 12.2. The summed E-state index contributed by atoms with van der Waals surface area (Å²) in [6, 6.07) is 9.88. The Bertz CT molecular complexity index is 684. The number of hydrogen-bond acceptors (Lipinski definition) is 3. The van der Waals surface area contributed by atoms with Gasteiger partial charge in [0.1, 0.15) is 0 Å². The molecule has 0 spiro atoms. The molecule has 0 saturated carbocycles. The molecule has 1 aliphatic heterocycles. The van der Waals surface area contributed by atoms with E-state index in [1.807, 2.05) is 35.9 Å². The third kappa shape index (κ3) is 4.23. The summed E-state index contributed by atoms with van der Waals surface area (Å²) >= 11 is 0. The number of carbonyl (C=O) groups is 1. The first-order valence-electron chi connectivity index (χ1n) is 8.71. The molecule has 128 valence electrons. The molecule has 2 heterocycles. The summed E-state index contributed by atoms with van der Waals surface area (Å²) in [5, 5.41) is 10.9. The van der Waals surface area contributed by atoms with Crippen LogP contribution in [0.1, 0.15) is 40.2 Å². The van der Waals surface area contributed by atoms with Gasteiger partial charge in [-0.3, -0.25) is 9.48 Å². The van der Waals surface area contributed by atoms with Crippen LogP contribution in [0.5, 0.6) is 0 Å². The van der Waals surface area contributed by atoms with Gasteiger partial charge >= 0.3 is 0 Å². The lowest BCUT2D eigenvalue weighted by Crippen LogP contribution is -2.26. The Morgan fingerprint density at radius 3 is 2.75 bits per heavy atom. The molecular weight excluding hydrogens is 300 g/mol. The SMILES string of the molecule is Cc1cc(C)n(Cc2ccc(C(=O)NCCC3CCNC3)cc2)n1. The molecule has 2 aromatic rings. The Hall–Kier alpha value is -2.14. The standard InChI is InChI=1S/C19H26N4O/c1-14-11-15(2)23(22-14)13-17-3-5-18(6-4-17)19(24)21-10-8-16-7-9-20-12-16/h3-6,11,16,20H,7-10,12-13H2,1-2H3,(H,21,24). The largest absolute Gasteiger partial charge is 0.352 e. The van der Waals surface area contributed by atoms with Gasteiger partial charge in [0.25, 0.3) is 5.91 Å². The molecule has 5 nitrogen and oxygen atoms in total. The second kappa shape index (κ2) is 7.62. The molecule has 24 heavy (non-hydrogen) atoms. The van der Waals surface area contributed by atoms with Crippen molar-refractivity contribution < 1.29 is 4.79 Å². The number of benzene rings is 1. The molecule has 1 saturated heterocycles. The van der Waals surface area contributed by atoms with E-state index in [4.69, 9.17) is 0 Å². The van der Waals surface area contributed by atoms with E-state index in [0.29, 0.717) is 5.92 Å². The molecule has 0 bridgehead atoms. The Kier molecular flexibility index (Phi) is 5.30. The minimum atomic E-state index is 0.0126. The lowest BCUT2D eigenvalue weighted by atomic mass is 10.1. The van der Waals surface area contributed by atoms with Crippen molar-refractivity contribution >= 4 is 5.91 Å². The summed E-state index contributed by atoms with van der Waals surface area (Å²) in [6.45, 7) is 7.72. The normalized spacial score (nSPS) is 17.2. The molecule has 2 N–H and O–H groups in total. The van der Waals surface area contributed by atoms with E-state index in [9.17, 15) is 4.79 Å². The van der Waals surface area contributed by atoms with Gasteiger partial charge in [0.05, 0.1) is 12.2 Å². The predicted molar refractivity (Wildman–Crippen MR) is 95.2 cm³/mol. The highest BCUT2D eigenvalue weighted by Gasteiger charge is 2.14. The quantitative estimate of drug-likeness (QED) is 0.856. The number of hydrogen-bond donors (Lipinski definition) is 2. The molecule has 5 heteroatoms. The minimum Gasteiger partial charge on any atom is -0.352 e. The van der Waals surface area contributed by atoms with Gasteiger partial charge in [-0.1, -0.05) is 12.1 Å². The van der Waals surface area contributed by atoms with Gasteiger partial charge in [-0.15, -0.1) is 0 Å². The van der Waals surface area contributed by atoms with Gasteiger partial charge in [-0.05, 0) is 69.5 Å². The van der Waals surface area contributed by atoms with Crippen LogP contribution in [-0.4, -0.2) is 35.3 Å². The van der Waals surface area contributed by atoms with Crippen LogP contribution in [0.15, 0.2) is 30.3 Å². The van der Waals surface area contributed by atoms with Crippen molar-refractivity contribution in [1.29, 1.82) is 0 Å². The maximum absolute atomic E-state index is 12.2. The zero-order valence-corrected chi connectivity index (χ0v) is 14.5. The van der Waals surface area contributed by atoms with E-state index in [1.165, 1.54) is 6.42 Å². The number of aromatic nitrogens is 2. The second-order valence-electron chi connectivity index (χ2n) is 6.69. The van der Waals surface area contributed by atoms with Crippen molar-refractivity contribution in [2.45, 2.75) is 33.2 Å². The Morgan fingerprint density at radius 1 is 1.33 bits per heavy atom. The molecule has 1 aromatic carbocycles. The minimum absolute atomic E-state index is 0.0126. The van der Waals surface area contributed by atoms with E-state index in [1.54, 1.807) is 0 Å². The van der Waals surface area contributed by atoms with E-state index in [2.05, 4.69) is 28.7 Å². The van der Waals surface area contributed by atoms with E-state index >= 15 is 0 Å². The zero-order chi connectivity index (χ0) is 16.9. The Morgan fingerprint density at radius 2 is 2.12 bits per heavy atom. The van der Waals surface area contributed by atoms with E-state index in [0.717, 1.165) is 55.1 Å². The maximum atomic E-state index is 12.2. The topological polar surface area (TPSA) is 59.0 Å². The molecule has 1 aliphatic rings. The van der Waals surface area contributed by atoms with Gasteiger partial charge in [0.2, 0.25) is 0 Å². The third-order valence-corrected chi connectivity index (χ3v) is 4.65. The number of rotatable bonds is 6. The molecular formula is C19H26N4O. The van der Waals surface area contributed by atoms with Crippen molar-refractivity contribution in [3.63, 3.8) is 0 Å². The molecule has 1 amide bonds. The molecule has 1 unspecified atom stereocenters.